The zero-order valence-corrected chi connectivity index (χ0v) is 13.7. The van der Waals surface area contributed by atoms with Gasteiger partial charge in [0.15, 0.2) is 0 Å². The number of rotatable bonds is 6. The number of hydrogen-bond acceptors (Lipinski definition) is 5. The second-order valence-electron chi connectivity index (χ2n) is 4.17. The predicted molar refractivity (Wildman–Crippen MR) is 82.0 cm³/mol. The summed E-state index contributed by atoms with van der Waals surface area (Å²) in [4.78, 5) is 11.0. The molecule has 0 heterocycles. The Morgan fingerprint density at radius 1 is 1.45 bits per heavy atom. The van der Waals surface area contributed by atoms with Crippen LogP contribution in [0.1, 0.15) is 12.8 Å². The van der Waals surface area contributed by atoms with Crippen LogP contribution in [0, 0.1) is 0 Å². The Kier molecular flexibility index (Phi) is 5.82. The van der Waals surface area contributed by atoms with Gasteiger partial charge in [-0.05, 0) is 24.6 Å². The molecule has 0 radical (unpaired) electrons. The number of methoxy groups -OCH3 is 1. The number of nitrogens with zero attached hydrogens (tertiary/aromatic N) is 1. The average molecular weight is 365 g/mol. The van der Waals surface area contributed by atoms with E-state index in [1.165, 1.54) is 14.2 Å². The van der Waals surface area contributed by atoms with Crippen molar-refractivity contribution in [2.75, 3.05) is 29.9 Å². The Labute approximate surface area is 127 Å². The monoisotopic (exact) mass is 364 g/mol. The van der Waals surface area contributed by atoms with E-state index in [-0.39, 0.29) is 18.6 Å². The molecule has 6 nitrogen and oxygen atoms in total. The summed E-state index contributed by atoms with van der Waals surface area (Å²) in [5.41, 5.74) is 6.58. The molecular formula is C12H17BrN2O4S. The Balaban J connectivity index is 2.78. The first-order valence-electron chi connectivity index (χ1n) is 5.86. The van der Waals surface area contributed by atoms with Crippen molar-refractivity contribution in [3.63, 3.8) is 0 Å². The number of nitrogens with two attached hydrogens (primary N) is 1. The van der Waals surface area contributed by atoms with Crippen molar-refractivity contribution in [2.45, 2.75) is 12.8 Å². The van der Waals surface area contributed by atoms with Gasteiger partial charge in [-0.2, -0.15) is 0 Å². The summed E-state index contributed by atoms with van der Waals surface area (Å²) in [5.74, 6) is -0.570. The second-order valence-corrected chi connectivity index (χ2v) is 7.20. The van der Waals surface area contributed by atoms with E-state index in [9.17, 15) is 13.2 Å². The lowest BCUT2D eigenvalue weighted by atomic mass is 10.3. The summed E-state index contributed by atoms with van der Waals surface area (Å²) in [6.45, 7) is 0. The minimum Gasteiger partial charge on any atom is -0.469 e. The average Bonchev–Trinajstić information content (AvgIpc) is 2.37. The Bertz CT molecular complexity index is 589. The minimum absolute atomic E-state index is 0.0688. The van der Waals surface area contributed by atoms with Gasteiger partial charge in [-0.1, -0.05) is 15.9 Å². The lowest BCUT2D eigenvalue weighted by Crippen LogP contribution is -2.30. The third-order valence-electron chi connectivity index (χ3n) is 2.76. The van der Waals surface area contributed by atoms with Gasteiger partial charge < -0.3 is 10.5 Å². The zero-order chi connectivity index (χ0) is 15.3. The molecule has 0 saturated heterocycles. The SMILES string of the molecule is COC(=O)CCCS(=O)(=O)N(C)c1ccc(Br)cc1N. The van der Waals surface area contributed by atoms with E-state index >= 15 is 0 Å². The molecule has 0 amide bonds. The van der Waals surface area contributed by atoms with Crippen LogP contribution in [-0.4, -0.2) is 34.3 Å². The Hall–Kier alpha value is -1.28. The molecule has 1 aromatic carbocycles. The quantitative estimate of drug-likeness (QED) is 0.613. The molecule has 0 aliphatic heterocycles. The summed E-state index contributed by atoms with van der Waals surface area (Å²) in [7, 11) is -0.815. The Morgan fingerprint density at radius 3 is 2.65 bits per heavy atom. The van der Waals surface area contributed by atoms with Crippen LogP contribution in [0.25, 0.3) is 0 Å². The molecule has 0 saturated carbocycles. The first kappa shape index (κ1) is 16.8. The van der Waals surface area contributed by atoms with Gasteiger partial charge in [0.25, 0.3) is 0 Å². The van der Waals surface area contributed by atoms with Gasteiger partial charge >= 0.3 is 5.97 Å². The molecule has 1 aromatic rings. The molecule has 0 aromatic heterocycles. The van der Waals surface area contributed by atoms with Gasteiger partial charge in [0, 0.05) is 17.9 Å². The maximum atomic E-state index is 12.1. The van der Waals surface area contributed by atoms with Gasteiger partial charge in [0.1, 0.15) is 0 Å². The number of benzene rings is 1. The highest BCUT2D eigenvalue weighted by Gasteiger charge is 2.20. The summed E-state index contributed by atoms with van der Waals surface area (Å²) < 4.78 is 30.7. The molecule has 0 unspecified atom stereocenters. The standard InChI is InChI=1S/C12H17BrN2O4S/c1-15(11-6-5-9(13)8-10(11)14)20(17,18)7-3-4-12(16)19-2/h5-6,8H,3-4,7,14H2,1-2H3. The van der Waals surface area contributed by atoms with Crippen LogP contribution in [0.3, 0.4) is 0 Å². The lowest BCUT2D eigenvalue weighted by molar-refractivity contribution is -0.140. The molecule has 0 bridgehead atoms. The number of anilines is 2. The molecule has 0 spiro atoms. The topological polar surface area (TPSA) is 89.7 Å². The van der Waals surface area contributed by atoms with Crippen molar-refractivity contribution < 1.29 is 17.9 Å². The molecule has 112 valence electrons. The largest absolute Gasteiger partial charge is 0.469 e. The van der Waals surface area contributed by atoms with Gasteiger partial charge in [-0.15, -0.1) is 0 Å². The molecule has 1 rings (SSSR count). The van der Waals surface area contributed by atoms with Gasteiger partial charge in [-0.25, -0.2) is 8.42 Å². The molecular weight excluding hydrogens is 348 g/mol. The predicted octanol–water partition coefficient (Wildman–Crippen LogP) is 1.75. The first-order valence-corrected chi connectivity index (χ1v) is 8.26. The van der Waals surface area contributed by atoms with E-state index in [4.69, 9.17) is 5.73 Å². The van der Waals surface area contributed by atoms with Gasteiger partial charge in [0.05, 0.1) is 24.2 Å². The van der Waals surface area contributed by atoms with Crippen LogP contribution in [0.15, 0.2) is 22.7 Å². The lowest BCUT2D eigenvalue weighted by Gasteiger charge is -2.21. The zero-order valence-electron chi connectivity index (χ0n) is 11.3. The van der Waals surface area contributed by atoms with Crippen LogP contribution >= 0.6 is 15.9 Å². The van der Waals surface area contributed by atoms with Crippen molar-refractivity contribution in [3.05, 3.63) is 22.7 Å². The number of carbonyl (C=O) groups is 1. The van der Waals surface area contributed by atoms with E-state index < -0.39 is 16.0 Å². The number of halogens is 1. The first-order chi connectivity index (χ1) is 9.27. The van der Waals surface area contributed by atoms with Crippen LogP contribution < -0.4 is 10.0 Å². The van der Waals surface area contributed by atoms with Crippen LogP contribution in [0.4, 0.5) is 11.4 Å². The van der Waals surface area contributed by atoms with Crippen LogP contribution in [-0.2, 0) is 19.6 Å². The van der Waals surface area contributed by atoms with E-state index in [1.54, 1.807) is 18.2 Å². The fourth-order valence-electron chi connectivity index (χ4n) is 1.60. The van der Waals surface area contributed by atoms with Crippen molar-refractivity contribution in [2.24, 2.45) is 0 Å². The number of ether oxygens (including phenoxy) is 1. The highest BCUT2D eigenvalue weighted by molar-refractivity contribution is 9.10. The third-order valence-corrected chi connectivity index (χ3v) is 5.09. The minimum atomic E-state index is -3.52. The molecule has 2 N–H and O–H groups in total. The van der Waals surface area contributed by atoms with E-state index in [1.807, 2.05) is 0 Å². The second kappa shape index (κ2) is 6.94. The summed E-state index contributed by atoms with van der Waals surface area (Å²) >= 11 is 3.26. The van der Waals surface area contributed by atoms with E-state index in [2.05, 4.69) is 20.7 Å². The summed E-state index contributed by atoms with van der Waals surface area (Å²) in [5, 5.41) is 0. The maximum Gasteiger partial charge on any atom is 0.305 e. The van der Waals surface area contributed by atoms with Gasteiger partial charge in [-0.3, -0.25) is 9.10 Å². The maximum absolute atomic E-state index is 12.1. The van der Waals surface area contributed by atoms with Crippen molar-refractivity contribution >= 4 is 43.3 Å². The fraction of sp³-hybridized carbons (Fsp3) is 0.417. The number of hydrogen-bond donors (Lipinski definition) is 1. The molecule has 0 fully saturated rings. The van der Waals surface area contributed by atoms with Gasteiger partial charge in [0.2, 0.25) is 10.0 Å². The number of carbonyl (C=O) groups excluding carboxylic acids is 1. The number of sulfonamides is 1. The van der Waals surface area contributed by atoms with Crippen molar-refractivity contribution in [1.29, 1.82) is 0 Å². The van der Waals surface area contributed by atoms with Crippen LogP contribution in [0.2, 0.25) is 0 Å². The van der Waals surface area contributed by atoms with Crippen LogP contribution in [0.5, 0.6) is 0 Å². The van der Waals surface area contributed by atoms with E-state index in [0.717, 1.165) is 8.78 Å². The molecule has 0 atom stereocenters. The highest BCUT2D eigenvalue weighted by atomic mass is 79.9. The number of nitrogen functional groups attached to an aromatic ring is 1. The van der Waals surface area contributed by atoms with E-state index in [0.29, 0.717) is 11.4 Å². The smallest absolute Gasteiger partial charge is 0.305 e. The Morgan fingerprint density at radius 2 is 2.10 bits per heavy atom. The molecule has 0 aliphatic carbocycles. The van der Waals surface area contributed by atoms with Crippen molar-refractivity contribution in [3.8, 4) is 0 Å². The molecule has 8 heteroatoms. The van der Waals surface area contributed by atoms with Crippen molar-refractivity contribution in [1.82, 2.24) is 0 Å². The molecule has 0 aliphatic rings. The fourth-order valence-corrected chi connectivity index (χ4v) is 3.23. The number of esters is 1. The highest BCUT2D eigenvalue weighted by Crippen LogP contribution is 2.27. The molecule has 20 heavy (non-hydrogen) atoms. The summed E-state index contributed by atoms with van der Waals surface area (Å²) in [6.07, 6.45) is 0.273. The normalized spacial score (nSPS) is 11.2. The summed E-state index contributed by atoms with van der Waals surface area (Å²) in [6, 6.07) is 4.97. The third kappa shape index (κ3) is 4.38.